The molecule has 0 radical (unpaired) electrons. The van der Waals surface area contributed by atoms with Crippen LogP contribution in [0, 0.1) is 0 Å². The molecule has 0 heterocycles. The molecule has 0 saturated heterocycles. The van der Waals surface area contributed by atoms with E-state index in [2.05, 4.69) is 78.6 Å². The van der Waals surface area contributed by atoms with Gasteiger partial charge in [0, 0.05) is 32.3 Å². The Bertz CT molecular complexity index is 206. The van der Waals surface area contributed by atoms with E-state index >= 15 is 0 Å². The third-order valence-electron chi connectivity index (χ3n) is 4.50. The zero-order chi connectivity index (χ0) is 14.5. The van der Waals surface area contributed by atoms with Gasteiger partial charge in [-0.2, -0.15) is 0 Å². The van der Waals surface area contributed by atoms with Crippen molar-refractivity contribution in [2.75, 3.05) is 0 Å². The van der Waals surface area contributed by atoms with Crippen LogP contribution in [0.5, 0.6) is 0 Å². The van der Waals surface area contributed by atoms with Crippen LogP contribution in [0.3, 0.4) is 0 Å². The molecule has 0 rings (SSSR count). The van der Waals surface area contributed by atoms with Gasteiger partial charge < -0.3 is 0 Å². The lowest BCUT2D eigenvalue weighted by Crippen LogP contribution is -2.74. The van der Waals surface area contributed by atoms with Crippen LogP contribution in [0.2, 0.25) is 82.5 Å². The van der Waals surface area contributed by atoms with E-state index in [-0.39, 0.29) is 0 Å². The Morgan fingerprint density at radius 2 is 0.471 bits per heavy atom. The molecule has 0 amide bonds. The summed E-state index contributed by atoms with van der Waals surface area (Å²) in [6.45, 7) is 31.9. The quantitative estimate of drug-likeness (QED) is 0.585. The number of hydrogen-bond donors (Lipinski definition) is 0. The standard InChI is InChI=1S/C13H36Si4/c1-14(2,3)13(15(4,5)6,16(7,8)9)17(10,11)12/h1-12H3. The molecule has 0 saturated carbocycles. The molecule has 0 aliphatic carbocycles. The summed E-state index contributed by atoms with van der Waals surface area (Å²) in [6.07, 6.45) is 0. The van der Waals surface area contributed by atoms with Crippen LogP contribution in [0.4, 0.5) is 0 Å². The van der Waals surface area contributed by atoms with Crippen molar-refractivity contribution in [1.82, 2.24) is 0 Å². The van der Waals surface area contributed by atoms with E-state index < -0.39 is 32.3 Å². The summed E-state index contributed by atoms with van der Waals surface area (Å²) in [4.78, 5) is 0. The molecule has 0 nitrogen and oxygen atoms in total. The normalized spacial score (nSPS) is 16.2. The number of hydrogen-bond acceptors (Lipinski definition) is 0. The highest BCUT2D eigenvalue weighted by atomic mass is 28.5. The van der Waals surface area contributed by atoms with Gasteiger partial charge in [-0.05, 0) is 3.91 Å². The van der Waals surface area contributed by atoms with Gasteiger partial charge in [0.05, 0.1) is 0 Å². The Hall–Kier alpha value is 0.868. The van der Waals surface area contributed by atoms with Crippen molar-refractivity contribution in [3.8, 4) is 0 Å². The minimum Gasteiger partial charge on any atom is -0.0698 e. The Balaban J connectivity index is 6.37. The Labute approximate surface area is 115 Å². The van der Waals surface area contributed by atoms with Gasteiger partial charge in [-0.15, -0.1) is 0 Å². The maximum Gasteiger partial charge on any atom is 0.0426 e. The zero-order valence-corrected chi connectivity index (χ0v) is 18.5. The summed E-state index contributed by atoms with van der Waals surface area (Å²) >= 11 is 0. The van der Waals surface area contributed by atoms with Crippen molar-refractivity contribution < 1.29 is 0 Å². The molecular formula is C13H36Si4. The summed E-state index contributed by atoms with van der Waals surface area (Å²) < 4.78 is 0.806. The largest absolute Gasteiger partial charge is 0.0698 e. The first-order valence-electron chi connectivity index (χ1n) is 7.00. The van der Waals surface area contributed by atoms with Crippen molar-refractivity contribution >= 4 is 32.3 Å². The van der Waals surface area contributed by atoms with Gasteiger partial charge in [-0.3, -0.25) is 0 Å². The smallest absolute Gasteiger partial charge is 0.0426 e. The van der Waals surface area contributed by atoms with Gasteiger partial charge in [-0.25, -0.2) is 0 Å². The van der Waals surface area contributed by atoms with Crippen LogP contribution in [-0.2, 0) is 0 Å². The summed E-state index contributed by atoms with van der Waals surface area (Å²) in [5.74, 6) is 0. The molecule has 0 N–H and O–H groups in total. The minimum atomic E-state index is -1.16. The minimum absolute atomic E-state index is 0.806. The summed E-state index contributed by atoms with van der Waals surface area (Å²) in [5, 5.41) is 0. The molecule has 0 bridgehead atoms. The predicted molar refractivity (Wildman–Crippen MR) is 96.1 cm³/mol. The molecule has 0 aromatic heterocycles. The topological polar surface area (TPSA) is 0 Å². The van der Waals surface area contributed by atoms with Crippen LogP contribution in [0.25, 0.3) is 0 Å². The van der Waals surface area contributed by atoms with E-state index in [0.717, 1.165) is 3.91 Å². The fraction of sp³-hybridized carbons (Fsp3) is 1.00. The highest BCUT2D eigenvalue weighted by Crippen LogP contribution is 2.59. The highest BCUT2D eigenvalue weighted by Gasteiger charge is 2.65. The third-order valence-corrected chi connectivity index (χ3v) is 40.5. The third kappa shape index (κ3) is 2.74. The monoisotopic (exact) mass is 304 g/mol. The van der Waals surface area contributed by atoms with E-state index in [0.29, 0.717) is 0 Å². The van der Waals surface area contributed by atoms with Crippen molar-refractivity contribution in [3.05, 3.63) is 0 Å². The lowest BCUT2D eigenvalue weighted by molar-refractivity contribution is 1.17. The van der Waals surface area contributed by atoms with E-state index in [9.17, 15) is 0 Å². The fourth-order valence-corrected chi connectivity index (χ4v) is 60.8. The lowest BCUT2D eigenvalue weighted by atomic mass is 11.6. The highest BCUT2D eigenvalue weighted by molar-refractivity contribution is 7.29. The van der Waals surface area contributed by atoms with Gasteiger partial charge in [-0.1, -0.05) is 78.6 Å². The van der Waals surface area contributed by atoms with Gasteiger partial charge in [0.25, 0.3) is 0 Å². The molecular weight excluding hydrogens is 268 g/mol. The molecule has 0 aromatic carbocycles. The van der Waals surface area contributed by atoms with Crippen LogP contribution < -0.4 is 0 Å². The molecule has 17 heavy (non-hydrogen) atoms. The maximum atomic E-state index is 2.65. The SMILES string of the molecule is C[Si](C)(C)C([Si](C)(C)C)([Si](C)(C)C)[Si](C)(C)C. The maximum absolute atomic E-state index is 2.65. The Kier molecular flexibility index (Phi) is 4.68. The second-order valence-corrected chi connectivity index (χ2v) is 33.8. The van der Waals surface area contributed by atoms with Crippen LogP contribution in [0.15, 0.2) is 0 Å². The predicted octanol–water partition coefficient (Wildman–Crippen LogP) is 5.70. The van der Waals surface area contributed by atoms with Crippen molar-refractivity contribution in [3.63, 3.8) is 0 Å². The van der Waals surface area contributed by atoms with E-state index in [1.54, 1.807) is 0 Å². The first kappa shape index (κ1) is 17.9. The molecule has 0 aromatic rings. The van der Waals surface area contributed by atoms with Crippen LogP contribution in [0.1, 0.15) is 0 Å². The molecule has 0 aliphatic rings. The molecule has 104 valence electrons. The molecule has 4 heteroatoms. The van der Waals surface area contributed by atoms with Gasteiger partial charge in [0.1, 0.15) is 0 Å². The van der Waals surface area contributed by atoms with Crippen molar-refractivity contribution in [1.29, 1.82) is 0 Å². The summed E-state index contributed by atoms with van der Waals surface area (Å²) in [5.41, 5.74) is 0. The molecule has 0 atom stereocenters. The zero-order valence-electron chi connectivity index (χ0n) is 14.5. The van der Waals surface area contributed by atoms with Crippen LogP contribution >= 0.6 is 0 Å². The molecule has 0 spiro atoms. The van der Waals surface area contributed by atoms with Crippen molar-refractivity contribution in [2.45, 2.75) is 82.5 Å². The Morgan fingerprint density at radius 3 is 0.471 bits per heavy atom. The van der Waals surface area contributed by atoms with Gasteiger partial charge >= 0.3 is 0 Å². The summed E-state index contributed by atoms with van der Waals surface area (Å²) in [7, 11) is -4.63. The molecule has 0 fully saturated rings. The first-order valence-corrected chi connectivity index (χ1v) is 21.0. The number of rotatable bonds is 4. The van der Waals surface area contributed by atoms with Gasteiger partial charge in [0.2, 0.25) is 0 Å². The van der Waals surface area contributed by atoms with E-state index in [1.807, 2.05) is 0 Å². The van der Waals surface area contributed by atoms with E-state index in [1.165, 1.54) is 0 Å². The molecule has 0 unspecified atom stereocenters. The lowest BCUT2D eigenvalue weighted by Gasteiger charge is -2.65. The average Bonchev–Trinajstić information content (AvgIpc) is 1.67. The fourth-order valence-electron chi connectivity index (χ4n) is 6.75. The van der Waals surface area contributed by atoms with Crippen molar-refractivity contribution in [2.24, 2.45) is 0 Å². The van der Waals surface area contributed by atoms with Crippen LogP contribution in [-0.4, -0.2) is 32.3 Å². The average molecular weight is 305 g/mol. The molecule has 0 aliphatic heterocycles. The summed E-state index contributed by atoms with van der Waals surface area (Å²) in [6, 6.07) is 0. The Morgan fingerprint density at radius 1 is 0.353 bits per heavy atom. The second kappa shape index (κ2) is 4.46. The van der Waals surface area contributed by atoms with Gasteiger partial charge in [0.15, 0.2) is 0 Å². The first-order chi connectivity index (χ1) is 7.00. The second-order valence-electron chi connectivity index (χ2n) is 9.75. The van der Waals surface area contributed by atoms with E-state index in [4.69, 9.17) is 0 Å².